The van der Waals surface area contributed by atoms with Gasteiger partial charge in [-0.2, -0.15) is 0 Å². The molecule has 20 heavy (non-hydrogen) atoms. The average Bonchev–Trinajstić information content (AvgIpc) is 2.87. The van der Waals surface area contributed by atoms with E-state index in [1.54, 1.807) is 13.0 Å². The minimum atomic E-state index is -0.762. The summed E-state index contributed by atoms with van der Waals surface area (Å²) in [5.41, 5.74) is 0.844. The molecule has 0 heterocycles. The first-order chi connectivity index (χ1) is 9.44. The number of aryl methyl sites for hydroxylation is 1. The molecule has 2 rings (SSSR count). The Morgan fingerprint density at radius 2 is 2.10 bits per heavy atom. The Labute approximate surface area is 117 Å². The number of nitrogens with one attached hydrogen (secondary N) is 1. The van der Waals surface area contributed by atoms with Crippen molar-refractivity contribution in [3.05, 3.63) is 33.9 Å². The van der Waals surface area contributed by atoms with E-state index >= 15 is 0 Å². The van der Waals surface area contributed by atoms with Gasteiger partial charge in [0.1, 0.15) is 0 Å². The van der Waals surface area contributed by atoms with Crippen molar-refractivity contribution in [3.63, 3.8) is 0 Å². The maximum Gasteiger partial charge on any atom is 0.311 e. The number of rotatable bonds is 5. The van der Waals surface area contributed by atoms with Gasteiger partial charge < -0.3 is 10.4 Å². The number of carbonyl (C=O) groups is 1. The molecule has 108 valence electrons. The SMILES string of the molecule is Cc1cc([N+](=O)[O-])ccc1NCC1(C(=O)O)CCCC1. The summed E-state index contributed by atoms with van der Waals surface area (Å²) in [6.45, 7) is 2.14. The van der Waals surface area contributed by atoms with Crippen LogP contribution in [-0.2, 0) is 4.79 Å². The smallest absolute Gasteiger partial charge is 0.311 e. The molecule has 1 saturated carbocycles. The van der Waals surface area contributed by atoms with Gasteiger partial charge >= 0.3 is 5.97 Å². The van der Waals surface area contributed by atoms with Crippen molar-refractivity contribution in [2.45, 2.75) is 32.6 Å². The predicted octanol–water partition coefficient (Wildman–Crippen LogP) is 2.96. The number of benzene rings is 1. The molecule has 1 aromatic rings. The molecule has 1 aliphatic rings. The highest BCUT2D eigenvalue weighted by Crippen LogP contribution is 2.38. The highest BCUT2D eigenvalue weighted by Gasteiger charge is 2.41. The lowest BCUT2D eigenvalue weighted by Crippen LogP contribution is -2.35. The highest BCUT2D eigenvalue weighted by molar-refractivity contribution is 5.76. The number of nitro benzene ring substituents is 1. The van der Waals surface area contributed by atoms with Crippen molar-refractivity contribution in [1.29, 1.82) is 0 Å². The molecule has 1 aliphatic carbocycles. The van der Waals surface area contributed by atoms with Gasteiger partial charge in [-0.05, 0) is 31.4 Å². The maximum absolute atomic E-state index is 11.4. The Morgan fingerprint density at radius 1 is 1.45 bits per heavy atom. The van der Waals surface area contributed by atoms with Crippen LogP contribution in [0.4, 0.5) is 11.4 Å². The lowest BCUT2D eigenvalue weighted by molar-refractivity contribution is -0.384. The summed E-state index contributed by atoms with van der Waals surface area (Å²) in [5.74, 6) is -0.762. The molecule has 1 aromatic carbocycles. The number of nitro groups is 1. The average molecular weight is 278 g/mol. The standard InChI is InChI=1S/C14H18N2O4/c1-10-8-11(16(19)20)4-5-12(10)15-9-14(13(17)18)6-2-3-7-14/h4-5,8,15H,2-3,6-7,9H2,1H3,(H,17,18). The third-order valence-electron chi connectivity index (χ3n) is 4.05. The molecule has 0 unspecified atom stereocenters. The molecule has 0 aromatic heterocycles. The van der Waals surface area contributed by atoms with E-state index in [-0.39, 0.29) is 5.69 Å². The molecule has 0 spiro atoms. The van der Waals surface area contributed by atoms with Gasteiger partial charge in [0.25, 0.3) is 5.69 Å². The van der Waals surface area contributed by atoms with Crippen LogP contribution >= 0.6 is 0 Å². The molecule has 0 aliphatic heterocycles. The molecule has 0 bridgehead atoms. The fraction of sp³-hybridized carbons (Fsp3) is 0.500. The molecule has 1 fully saturated rings. The summed E-state index contributed by atoms with van der Waals surface area (Å²) in [5, 5.41) is 23.2. The van der Waals surface area contributed by atoms with Crippen molar-refractivity contribution in [3.8, 4) is 0 Å². The minimum Gasteiger partial charge on any atom is -0.481 e. The summed E-state index contributed by atoms with van der Waals surface area (Å²) in [7, 11) is 0. The van der Waals surface area contributed by atoms with Crippen molar-refractivity contribution < 1.29 is 14.8 Å². The molecular weight excluding hydrogens is 260 g/mol. The zero-order chi connectivity index (χ0) is 14.8. The van der Waals surface area contributed by atoms with Gasteiger partial charge in [0.15, 0.2) is 0 Å². The fourth-order valence-electron chi connectivity index (χ4n) is 2.74. The number of carboxylic acid groups (broad SMARTS) is 1. The lowest BCUT2D eigenvalue weighted by atomic mass is 9.86. The van der Waals surface area contributed by atoms with Gasteiger partial charge in [0, 0.05) is 24.4 Å². The third-order valence-corrected chi connectivity index (χ3v) is 4.05. The summed E-state index contributed by atoms with van der Waals surface area (Å²) in [6.07, 6.45) is 3.24. The normalized spacial score (nSPS) is 16.9. The molecule has 0 atom stereocenters. The molecule has 0 amide bonds. The molecular formula is C14H18N2O4. The summed E-state index contributed by atoms with van der Waals surface area (Å²) < 4.78 is 0. The van der Waals surface area contributed by atoms with E-state index in [2.05, 4.69) is 5.32 Å². The van der Waals surface area contributed by atoms with E-state index in [0.717, 1.165) is 24.1 Å². The van der Waals surface area contributed by atoms with Crippen LogP contribution < -0.4 is 5.32 Å². The van der Waals surface area contributed by atoms with Crippen LogP contribution in [-0.4, -0.2) is 22.5 Å². The van der Waals surface area contributed by atoms with Gasteiger partial charge in [-0.1, -0.05) is 12.8 Å². The van der Waals surface area contributed by atoms with Gasteiger partial charge in [0.05, 0.1) is 10.3 Å². The largest absolute Gasteiger partial charge is 0.481 e. The van der Waals surface area contributed by atoms with Crippen LogP contribution in [0.15, 0.2) is 18.2 Å². The second kappa shape index (κ2) is 5.48. The lowest BCUT2D eigenvalue weighted by Gasteiger charge is -2.25. The fourth-order valence-corrected chi connectivity index (χ4v) is 2.74. The Kier molecular flexibility index (Phi) is 3.92. The van der Waals surface area contributed by atoms with Crippen LogP contribution in [0.5, 0.6) is 0 Å². The van der Waals surface area contributed by atoms with Crippen LogP contribution in [0.3, 0.4) is 0 Å². The Morgan fingerprint density at radius 3 is 2.60 bits per heavy atom. The van der Waals surface area contributed by atoms with E-state index in [1.165, 1.54) is 12.1 Å². The maximum atomic E-state index is 11.4. The van der Waals surface area contributed by atoms with Crippen molar-refractivity contribution in [2.75, 3.05) is 11.9 Å². The molecule has 6 nitrogen and oxygen atoms in total. The van der Waals surface area contributed by atoms with Gasteiger partial charge in [0.2, 0.25) is 0 Å². The summed E-state index contributed by atoms with van der Waals surface area (Å²) >= 11 is 0. The molecule has 0 saturated heterocycles. The zero-order valence-electron chi connectivity index (χ0n) is 11.4. The van der Waals surface area contributed by atoms with Gasteiger partial charge in [-0.3, -0.25) is 14.9 Å². The number of hydrogen-bond acceptors (Lipinski definition) is 4. The van der Waals surface area contributed by atoms with Crippen molar-refractivity contribution >= 4 is 17.3 Å². The predicted molar refractivity (Wildman–Crippen MR) is 74.9 cm³/mol. The zero-order valence-corrected chi connectivity index (χ0v) is 11.4. The summed E-state index contributed by atoms with van der Waals surface area (Å²) in [6, 6.07) is 4.56. The third kappa shape index (κ3) is 2.74. The first-order valence-corrected chi connectivity index (χ1v) is 6.67. The van der Waals surface area contributed by atoms with E-state index in [9.17, 15) is 20.0 Å². The first-order valence-electron chi connectivity index (χ1n) is 6.67. The van der Waals surface area contributed by atoms with Crippen molar-refractivity contribution in [1.82, 2.24) is 0 Å². The minimum absolute atomic E-state index is 0.0434. The summed E-state index contributed by atoms with van der Waals surface area (Å²) in [4.78, 5) is 21.7. The highest BCUT2D eigenvalue weighted by atomic mass is 16.6. The van der Waals surface area contributed by atoms with Gasteiger partial charge in [-0.15, -0.1) is 0 Å². The Bertz CT molecular complexity index is 536. The monoisotopic (exact) mass is 278 g/mol. The topological polar surface area (TPSA) is 92.5 Å². The van der Waals surface area contributed by atoms with Crippen LogP contribution in [0.1, 0.15) is 31.2 Å². The van der Waals surface area contributed by atoms with Crippen LogP contribution in [0.2, 0.25) is 0 Å². The van der Waals surface area contributed by atoms with E-state index in [1.807, 2.05) is 0 Å². The Balaban J connectivity index is 2.10. The number of hydrogen-bond donors (Lipinski definition) is 2. The van der Waals surface area contributed by atoms with E-state index in [0.29, 0.717) is 19.4 Å². The second-order valence-electron chi connectivity index (χ2n) is 5.40. The number of nitrogens with zero attached hydrogens (tertiary/aromatic N) is 1. The second-order valence-corrected chi connectivity index (χ2v) is 5.40. The molecule has 6 heteroatoms. The first kappa shape index (κ1) is 14.3. The van der Waals surface area contributed by atoms with E-state index in [4.69, 9.17) is 0 Å². The number of aliphatic carboxylic acids is 1. The number of non-ortho nitro benzene ring substituents is 1. The molecule has 0 radical (unpaired) electrons. The number of carboxylic acids is 1. The number of anilines is 1. The van der Waals surface area contributed by atoms with E-state index < -0.39 is 16.3 Å². The Hall–Kier alpha value is -2.11. The van der Waals surface area contributed by atoms with Crippen LogP contribution in [0.25, 0.3) is 0 Å². The van der Waals surface area contributed by atoms with Crippen molar-refractivity contribution in [2.24, 2.45) is 5.41 Å². The quantitative estimate of drug-likeness (QED) is 0.638. The van der Waals surface area contributed by atoms with Gasteiger partial charge in [-0.25, -0.2) is 0 Å². The van der Waals surface area contributed by atoms with Crippen LogP contribution in [0, 0.1) is 22.5 Å². The molecule has 2 N–H and O–H groups in total.